The maximum absolute atomic E-state index is 12.5. The number of benzene rings is 1. The highest BCUT2D eigenvalue weighted by molar-refractivity contribution is 5.76. The molecule has 8 nitrogen and oxygen atoms in total. The van der Waals surface area contributed by atoms with E-state index in [0.29, 0.717) is 32.7 Å². The third-order valence-corrected chi connectivity index (χ3v) is 4.51. The highest BCUT2D eigenvalue weighted by Crippen LogP contribution is 2.22. The lowest BCUT2D eigenvalue weighted by Gasteiger charge is -2.27. The number of nitrogens with one attached hydrogen (secondary N) is 1. The number of aryl methyl sites for hydroxylation is 1. The van der Waals surface area contributed by atoms with Crippen LogP contribution in [0.2, 0.25) is 0 Å². The molecule has 0 spiro atoms. The molecule has 0 unspecified atom stereocenters. The molecule has 1 amide bonds. The van der Waals surface area contributed by atoms with Crippen LogP contribution in [-0.4, -0.2) is 42.3 Å². The summed E-state index contributed by atoms with van der Waals surface area (Å²) in [5.41, 5.74) is 3.02. The summed E-state index contributed by atoms with van der Waals surface area (Å²) in [6.07, 6.45) is 4.29. The van der Waals surface area contributed by atoms with Crippen molar-refractivity contribution in [3.63, 3.8) is 0 Å². The highest BCUT2D eigenvalue weighted by Gasteiger charge is 2.25. The van der Waals surface area contributed by atoms with Gasteiger partial charge in [0.2, 0.25) is 5.91 Å². The number of aromatic amines is 1. The van der Waals surface area contributed by atoms with E-state index in [2.05, 4.69) is 20.3 Å². The molecule has 26 heavy (non-hydrogen) atoms. The minimum absolute atomic E-state index is 0.113. The van der Waals surface area contributed by atoms with E-state index in [9.17, 15) is 4.79 Å². The van der Waals surface area contributed by atoms with Crippen LogP contribution >= 0.6 is 0 Å². The van der Waals surface area contributed by atoms with E-state index in [1.807, 2.05) is 35.2 Å². The van der Waals surface area contributed by atoms with Crippen molar-refractivity contribution in [1.29, 1.82) is 0 Å². The first-order valence-electron chi connectivity index (χ1n) is 8.62. The lowest BCUT2D eigenvalue weighted by atomic mass is 10.1. The second kappa shape index (κ2) is 7.38. The predicted molar refractivity (Wildman–Crippen MR) is 93.1 cm³/mol. The van der Waals surface area contributed by atoms with Crippen LogP contribution in [0, 0.1) is 0 Å². The number of ether oxygens (including phenoxy) is 1. The van der Waals surface area contributed by atoms with E-state index in [0.717, 1.165) is 29.1 Å². The summed E-state index contributed by atoms with van der Waals surface area (Å²) < 4.78 is 7.48. The Hall–Kier alpha value is -3.16. The molecular weight excluding hydrogens is 332 g/mol. The van der Waals surface area contributed by atoms with Gasteiger partial charge in [-0.15, -0.1) is 0 Å². The smallest absolute Gasteiger partial charge is 0.224 e. The number of carbonyl (C=O) groups excluding carboxylic acids is 1. The average molecular weight is 352 g/mol. The van der Waals surface area contributed by atoms with Crippen LogP contribution < -0.4 is 4.74 Å². The van der Waals surface area contributed by atoms with Gasteiger partial charge in [0.1, 0.15) is 30.7 Å². The molecule has 0 radical (unpaired) electrons. The van der Waals surface area contributed by atoms with Gasteiger partial charge in [-0.2, -0.15) is 10.2 Å². The second-order valence-electron chi connectivity index (χ2n) is 6.20. The van der Waals surface area contributed by atoms with Gasteiger partial charge in [-0.05, 0) is 12.1 Å². The Balaban J connectivity index is 1.38. The van der Waals surface area contributed by atoms with Gasteiger partial charge in [-0.3, -0.25) is 14.6 Å². The lowest BCUT2D eigenvalue weighted by molar-refractivity contribution is -0.132. The quantitative estimate of drug-likeness (QED) is 0.727. The third kappa shape index (κ3) is 3.58. The van der Waals surface area contributed by atoms with E-state index in [-0.39, 0.29) is 5.91 Å². The van der Waals surface area contributed by atoms with Gasteiger partial charge < -0.3 is 9.64 Å². The number of hydrogen-bond acceptors (Lipinski definition) is 5. The van der Waals surface area contributed by atoms with Crippen LogP contribution in [0.3, 0.4) is 0 Å². The summed E-state index contributed by atoms with van der Waals surface area (Å²) in [5, 5.41) is 11.5. The van der Waals surface area contributed by atoms with Gasteiger partial charge in [-0.1, -0.05) is 18.2 Å². The van der Waals surface area contributed by atoms with Crippen molar-refractivity contribution >= 4 is 5.91 Å². The number of hydrogen-bond donors (Lipinski definition) is 1. The first kappa shape index (κ1) is 16.3. The molecule has 1 aromatic carbocycles. The predicted octanol–water partition coefficient (Wildman–Crippen LogP) is 1.56. The van der Waals surface area contributed by atoms with Crippen LogP contribution in [0.1, 0.15) is 23.4 Å². The zero-order chi connectivity index (χ0) is 17.8. The van der Waals surface area contributed by atoms with Crippen LogP contribution in [0.4, 0.5) is 0 Å². The molecule has 2 aromatic heterocycles. The van der Waals surface area contributed by atoms with Crippen molar-refractivity contribution in [3.8, 4) is 5.75 Å². The van der Waals surface area contributed by atoms with Crippen LogP contribution in [0.15, 0.2) is 43.0 Å². The number of rotatable bonds is 6. The molecule has 3 aromatic rings. The summed E-state index contributed by atoms with van der Waals surface area (Å²) in [7, 11) is 0. The van der Waals surface area contributed by atoms with E-state index >= 15 is 0 Å². The first-order valence-corrected chi connectivity index (χ1v) is 8.62. The van der Waals surface area contributed by atoms with Gasteiger partial charge >= 0.3 is 0 Å². The Morgan fingerprint density at radius 2 is 2.15 bits per heavy atom. The number of H-pyrrole nitrogens is 1. The summed E-state index contributed by atoms with van der Waals surface area (Å²) in [6, 6.07) is 9.65. The molecule has 8 heteroatoms. The van der Waals surface area contributed by atoms with Crippen molar-refractivity contribution in [2.24, 2.45) is 0 Å². The molecule has 0 atom stereocenters. The normalized spacial score (nSPS) is 13.5. The summed E-state index contributed by atoms with van der Waals surface area (Å²) in [5.74, 6) is 0.920. The molecule has 1 aliphatic heterocycles. The molecule has 0 aliphatic carbocycles. The van der Waals surface area contributed by atoms with Crippen molar-refractivity contribution in [2.45, 2.75) is 32.5 Å². The number of nitrogens with zero attached hydrogens (tertiary/aromatic N) is 5. The Bertz CT molecular complexity index is 859. The molecule has 0 fully saturated rings. The molecule has 3 heterocycles. The largest absolute Gasteiger partial charge is 0.487 e. The molecule has 0 saturated carbocycles. The Labute approximate surface area is 150 Å². The fraction of sp³-hybridized carbons (Fsp3) is 0.333. The minimum atomic E-state index is 0.113. The van der Waals surface area contributed by atoms with E-state index < -0.39 is 0 Å². The maximum Gasteiger partial charge on any atom is 0.224 e. The topological polar surface area (TPSA) is 88.9 Å². The average Bonchev–Trinajstić information content (AvgIpc) is 3.34. The Kier molecular flexibility index (Phi) is 4.63. The number of fused-ring (bicyclic) bond motifs is 1. The zero-order valence-corrected chi connectivity index (χ0v) is 14.3. The maximum atomic E-state index is 12.5. The van der Waals surface area contributed by atoms with Crippen LogP contribution in [0.5, 0.6) is 5.75 Å². The first-order chi connectivity index (χ1) is 12.8. The Morgan fingerprint density at radius 1 is 1.27 bits per heavy atom. The lowest BCUT2D eigenvalue weighted by Crippen LogP contribution is -2.36. The molecule has 1 aliphatic rings. The van der Waals surface area contributed by atoms with E-state index in [1.54, 1.807) is 11.0 Å². The number of amides is 1. The van der Waals surface area contributed by atoms with Crippen molar-refractivity contribution in [3.05, 3.63) is 59.9 Å². The number of aromatic nitrogens is 5. The fourth-order valence-corrected chi connectivity index (χ4v) is 3.07. The molecule has 134 valence electrons. The second-order valence-corrected chi connectivity index (χ2v) is 6.20. The van der Waals surface area contributed by atoms with Gasteiger partial charge in [0.25, 0.3) is 0 Å². The summed E-state index contributed by atoms with van der Waals surface area (Å²) in [4.78, 5) is 18.3. The Morgan fingerprint density at radius 3 is 2.96 bits per heavy atom. The third-order valence-electron chi connectivity index (χ3n) is 4.51. The molecule has 1 N–H and O–H groups in total. The molecule has 0 saturated heterocycles. The highest BCUT2D eigenvalue weighted by atomic mass is 16.5. The molecule has 4 rings (SSSR count). The van der Waals surface area contributed by atoms with Crippen molar-refractivity contribution in [1.82, 2.24) is 29.9 Å². The fourth-order valence-electron chi connectivity index (χ4n) is 3.07. The zero-order valence-electron chi connectivity index (χ0n) is 14.3. The standard InChI is InChI=1S/C18H20N6O2/c25-18(7-9-24-13-19-12-20-24)23-8-6-16-15(10-23)17(22-21-16)11-26-14-4-2-1-3-5-14/h1-5,12-13H,6-11H2,(H,21,22). The minimum Gasteiger partial charge on any atom is -0.487 e. The van der Waals surface area contributed by atoms with Crippen LogP contribution in [-0.2, 0) is 30.9 Å². The number of para-hydroxylation sites is 1. The van der Waals surface area contributed by atoms with Gasteiger partial charge in [0, 0.05) is 37.2 Å². The summed E-state index contributed by atoms with van der Waals surface area (Å²) >= 11 is 0. The molecule has 0 bridgehead atoms. The van der Waals surface area contributed by atoms with Gasteiger partial charge in [0.05, 0.1) is 6.54 Å². The SMILES string of the molecule is O=C(CCn1cncn1)N1CCc2[nH]nc(COc3ccccc3)c2C1. The van der Waals surface area contributed by atoms with E-state index in [4.69, 9.17) is 4.74 Å². The van der Waals surface area contributed by atoms with Crippen LogP contribution in [0.25, 0.3) is 0 Å². The number of carbonyl (C=O) groups is 1. The summed E-state index contributed by atoms with van der Waals surface area (Å²) in [6.45, 7) is 2.19. The van der Waals surface area contributed by atoms with Crippen molar-refractivity contribution < 1.29 is 9.53 Å². The molecular formula is C18H20N6O2. The van der Waals surface area contributed by atoms with E-state index in [1.165, 1.54) is 6.33 Å². The monoisotopic (exact) mass is 352 g/mol. The van der Waals surface area contributed by atoms with Gasteiger partial charge in [0.15, 0.2) is 0 Å². The van der Waals surface area contributed by atoms with Gasteiger partial charge in [-0.25, -0.2) is 4.98 Å². The van der Waals surface area contributed by atoms with Crippen molar-refractivity contribution in [2.75, 3.05) is 6.54 Å².